The Labute approximate surface area is 140 Å². The van der Waals surface area contributed by atoms with Crippen LogP contribution >= 0.6 is 22.6 Å². The molecule has 0 unspecified atom stereocenters. The van der Waals surface area contributed by atoms with E-state index in [1.807, 2.05) is 18.2 Å². The maximum Gasteiger partial charge on any atom is 0.326 e. The van der Waals surface area contributed by atoms with Gasteiger partial charge in [0.1, 0.15) is 11.9 Å². The molecule has 2 rings (SSSR count). The van der Waals surface area contributed by atoms with Crippen molar-refractivity contribution in [2.24, 2.45) is 0 Å². The number of carboxylic acid groups (broad SMARTS) is 1. The molecule has 0 fully saturated rings. The van der Waals surface area contributed by atoms with Crippen LogP contribution in [0.5, 0.6) is 0 Å². The number of benzene rings is 2. The summed E-state index contributed by atoms with van der Waals surface area (Å²) in [6.45, 7) is 0. The molecule has 22 heavy (non-hydrogen) atoms. The normalized spacial score (nSPS) is 11.7. The van der Waals surface area contributed by atoms with Gasteiger partial charge in [0, 0.05) is 15.6 Å². The highest BCUT2D eigenvalue weighted by atomic mass is 127. The van der Waals surface area contributed by atoms with E-state index < -0.39 is 23.7 Å². The highest BCUT2D eigenvalue weighted by molar-refractivity contribution is 14.1. The van der Waals surface area contributed by atoms with Crippen molar-refractivity contribution in [3.05, 3.63) is 69.0 Å². The van der Waals surface area contributed by atoms with Gasteiger partial charge >= 0.3 is 5.97 Å². The summed E-state index contributed by atoms with van der Waals surface area (Å²) in [6.07, 6.45) is 0.160. The number of carboxylic acids is 1. The minimum Gasteiger partial charge on any atom is -0.480 e. The van der Waals surface area contributed by atoms with Crippen LogP contribution < -0.4 is 5.32 Å². The lowest BCUT2D eigenvalue weighted by Crippen LogP contribution is -2.42. The molecule has 0 radical (unpaired) electrons. The Hall–Kier alpha value is -1.96. The number of carbonyl (C=O) groups is 2. The van der Waals surface area contributed by atoms with E-state index >= 15 is 0 Å². The first-order valence-corrected chi connectivity index (χ1v) is 7.57. The van der Waals surface area contributed by atoms with Gasteiger partial charge in [-0.2, -0.15) is 0 Å². The Morgan fingerprint density at radius 1 is 1.18 bits per heavy atom. The first kappa shape index (κ1) is 16.4. The fraction of sp³-hybridized carbons (Fsp3) is 0.125. The van der Waals surface area contributed by atoms with E-state index in [0.29, 0.717) is 0 Å². The first-order chi connectivity index (χ1) is 10.5. The monoisotopic (exact) mass is 413 g/mol. The lowest BCUT2D eigenvalue weighted by atomic mass is 10.1. The summed E-state index contributed by atoms with van der Waals surface area (Å²) in [4.78, 5) is 23.4. The SMILES string of the molecule is O=C(N[C@@H](Cc1cccc(I)c1)C(=O)O)c1cccc(F)c1. The Morgan fingerprint density at radius 3 is 2.55 bits per heavy atom. The number of rotatable bonds is 5. The molecule has 114 valence electrons. The summed E-state index contributed by atoms with van der Waals surface area (Å²) in [7, 11) is 0. The lowest BCUT2D eigenvalue weighted by Gasteiger charge is -2.15. The molecule has 2 aromatic carbocycles. The molecule has 0 aliphatic heterocycles. The van der Waals surface area contributed by atoms with E-state index in [-0.39, 0.29) is 12.0 Å². The maximum atomic E-state index is 13.1. The van der Waals surface area contributed by atoms with Crippen molar-refractivity contribution in [2.75, 3.05) is 0 Å². The molecule has 4 nitrogen and oxygen atoms in total. The van der Waals surface area contributed by atoms with Gasteiger partial charge in [0.15, 0.2) is 0 Å². The van der Waals surface area contributed by atoms with Crippen molar-refractivity contribution in [3.8, 4) is 0 Å². The van der Waals surface area contributed by atoms with E-state index in [1.54, 1.807) is 6.07 Å². The molecule has 0 saturated heterocycles. The van der Waals surface area contributed by atoms with Crippen LogP contribution in [0.2, 0.25) is 0 Å². The van der Waals surface area contributed by atoms with Gasteiger partial charge in [0.25, 0.3) is 5.91 Å². The molecule has 0 saturated carbocycles. The topological polar surface area (TPSA) is 66.4 Å². The zero-order valence-corrected chi connectivity index (χ0v) is 13.6. The third kappa shape index (κ3) is 4.52. The second-order valence-corrected chi connectivity index (χ2v) is 5.95. The van der Waals surface area contributed by atoms with Gasteiger partial charge in [-0.25, -0.2) is 9.18 Å². The maximum absolute atomic E-state index is 13.1. The van der Waals surface area contributed by atoms with Gasteiger partial charge < -0.3 is 10.4 Å². The molecule has 2 aromatic rings. The molecule has 6 heteroatoms. The van der Waals surface area contributed by atoms with Crippen LogP contribution in [-0.4, -0.2) is 23.0 Å². The molecule has 0 spiro atoms. The second kappa shape index (κ2) is 7.35. The van der Waals surface area contributed by atoms with Gasteiger partial charge in [-0.15, -0.1) is 0 Å². The van der Waals surface area contributed by atoms with E-state index in [0.717, 1.165) is 15.2 Å². The fourth-order valence-corrected chi connectivity index (χ4v) is 2.58. The van der Waals surface area contributed by atoms with Crippen LogP contribution in [-0.2, 0) is 11.2 Å². The molecule has 0 aromatic heterocycles. The summed E-state index contributed by atoms with van der Waals surface area (Å²) in [5.74, 6) is -2.29. The van der Waals surface area contributed by atoms with Crippen LogP contribution in [0, 0.1) is 9.39 Å². The van der Waals surface area contributed by atoms with E-state index in [1.165, 1.54) is 18.2 Å². The Morgan fingerprint density at radius 2 is 1.91 bits per heavy atom. The summed E-state index contributed by atoms with van der Waals surface area (Å²) >= 11 is 2.13. The number of halogens is 2. The van der Waals surface area contributed by atoms with Crippen molar-refractivity contribution in [1.29, 1.82) is 0 Å². The molecule has 0 heterocycles. The molecule has 2 N–H and O–H groups in total. The number of aliphatic carboxylic acids is 1. The van der Waals surface area contributed by atoms with Gasteiger partial charge in [0.05, 0.1) is 0 Å². The average Bonchev–Trinajstić information content (AvgIpc) is 2.46. The second-order valence-electron chi connectivity index (χ2n) is 4.71. The van der Waals surface area contributed by atoms with Crippen molar-refractivity contribution in [2.45, 2.75) is 12.5 Å². The van der Waals surface area contributed by atoms with E-state index in [9.17, 15) is 19.1 Å². The average molecular weight is 413 g/mol. The molecule has 0 bridgehead atoms. The van der Waals surface area contributed by atoms with Crippen LogP contribution in [0.1, 0.15) is 15.9 Å². The zero-order valence-electron chi connectivity index (χ0n) is 11.4. The zero-order chi connectivity index (χ0) is 16.1. The van der Waals surface area contributed by atoms with Crippen molar-refractivity contribution in [1.82, 2.24) is 5.32 Å². The Balaban J connectivity index is 2.12. The number of carbonyl (C=O) groups excluding carboxylic acids is 1. The summed E-state index contributed by atoms with van der Waals surface area (Å²) < 4.78 is 14.1. The van der Waals surface area contributed by atoms with Gasteiger partial charge in [-0.05, 0) is 58.5 Å². The van der Waals surface area contributed by atoms with Crippen molar-refractivity contribution >= 4 is 34.5 Å². The number of hydrogen-bond acceptors (Lipinski definition) is 2. The number of amides is 1. The van der Waals surface area contributed by atoms with Crippen LogP contribution in [0.3, 0.4) is 0 Å². The molecule has 1 atom stereocenters. The highest BCUT2D eigenvalue weighted by Crippen LogP contribution is 2.11. The number of nitrogens with one attached hydrogen (secondary N) is 1. The quantitative estimate of drug-likeness (QED) is 0.742. The number of hydrogen-bond donors (Lipinski definition) is 2. The van der Waals surface area contributed by atoms with Crippen molar-refractivity contribution in [3.63, 3.8) is 0 Å². The Bertz CT molecular complexity index is 705. The predicted molar refractivity (Wildman–Crippen MR) is 88.2 cm³/mol. The van der Waals surface area contributed by atoms with E-state index in [2.05, 4.69) is 27.9 Å². The molecule has 0 aliphatic carbocycles. The van der Waals surface area contributed by atoms with E-state index in [4.69, 9.17) is 0 Å². The van der Waals surface area contributed by atoms with Gasteiger partial charge in [-0.3, -0.25) is 4.79 Å². The highest BCUT2D eigenvalue weighted by Gasteiger charge is 2.21. The summed E-state index contributed by atoms with van der Waals surface area (Å²) in [5.41, 5.74) is 0.896. The summed E-state index contributed by atoms with van der Waals surface area (Å²) in [6, 6.07) is 11.4. The largest absolute Gasteiger partial charge is 0.480 e. The third-order valence-electron chi connectivity index (χ3n) is 3.02. The predicted octanol–water partition coefficient (Wildman–Crippen LogP) is 2.86. The van der Waals surface area contributed by atoms with Crippen LogP contribution in [0.15, 0.2) is 48.5 Å². The fourth-order valence-electron chi connectivity index (χ4n) is 1.97. The lowest BCUT2D eigenvalue weighted by molar-refractivity contribution is -0.139. The van der Waals surface area contributed by atoms with Gasteiger partial charge in [0.2, 0.25) is 0 Å². The molecular weight excluding hydrogens is 400 g/mol. The first-order valence-electron chi connectivity index (χ1n) is 6.49. The molecular formula is C16H13FINO3. The van der Waals surface area contributed by atoms with Gasteiger partial charge in [-0.1, -0.05) is 18.2 Å². The standard InChI is InChI=1S/C16H13FINO3/c17-12-5-2-4-11(9-12)15(20)19-14(16(21)22)8-10-3-1-6-13(18)7-10/h1-7,9,14H,8H2,(H,19,20)(H,21,22)/t14-/m0/s1. The Kier molecular flexibility index (Phi) is 5.48. The van der Waals surface area contributed by atoms with Crippen LogP contribution in [0.25, 0.3) is 0 Å². The smallest absolute Gasteiger partial charge is 0.326 e. The third-order valence-corrected chi connectivity index (χ3v) is 3.69. The van der Waals surface area contributed by atoms with Crippen molar-refractivity contribution < 1.29 is 19.1 Å². The minimum atomic E-state index is -1.14. The minimum absolute atomic E-state index is 0.0916. The molecule has 1 amide bonds. The summed E-state index contributed by atoms with van der Waals surface area (Å²) in [5, 5.41) is 11.7. The van der Waals surface area contributed by atoms with Crippen LogP contribution in [0.4, 0.5) is 4.39 Å². The molecule has 0 aliphatic rings.